The summed E-state index contributed by atoms with van der Waals surface area (Å²) in [6.45, 7) is 2.10. The molecule has 1 heterocycles. The van der Waals surface area contributed by atoms with Crippen LogP contribution < -0.4 is 5.73 Å². The number of hydrogen-bond donors (Lipinski definition) is 1. The molecule has 0 radical (unpaired) electrons. The van der Waals surface area contributed by atoms with E-state index in [0.29, 0.717) is 23.6 Å². The number of halogens is 1. The Labute approximate surface area is 136 Å². The highest BCUT2D eigenvalue weighted by molar-refractivity contribution is 5.91. The zero-order valence-electron chi connectivity index (χ0n) is 13.6. The quantitative estimate of drug-likeness (QED) is 0.870. The van der Waals surface area contributed by atoms with Gasteiger partial charge < -0.3 is 10.5 Å². The summed E-state index contributed by atoms with van der Waals surface area (Å²) in [5.74, 6) is -0.543. The fraction of sp³-hybridized carbons (Fsp3) is 0.611. The van der Waals surface area contributed by atoms with Crippen LogP contribution in [0.3, 0.4) is 0 Å². The van der Waals surface area contributed by atoms with E-state index >= 15 is 0 Å². The van der Waals surface area contributed by atoms with E-state index in [1.165, 1.54) is 19.2 Å². The molecule has 4 nitrogen and oxygen atoms in total. The van der Waals surface area contributed by atoms with Gasteiger partial charge in [-0.15, -0.1) is 0 Å². The molecule has 1 aromatic rings. The van der Waals surface area contributed by atoms with Crippen molar-refractivity contribution in [3.63, 3.8) is 0 Å². The first-order valence-corrected chi connectivity index (χ1v) is 8.46. The second-order valence-electron chi connectivity index (χ2n) is 6.77. The van der Waals surface area contributed by atoms with Gasteiger partial charge in [0, 0.05) is 25.2 Å². The van der Waals surface area contributed by atoms with Crippen molar-refractivity contribution in [3.05, 3.63) is 35.1 Å². The minimum Gasteiger partial charge on any atom is -0.465 e. The predicted octanol–water partition coefficient (Wildman–Crippen LogP) is 2.67. The Balaban J connectivity index is 1.69. The van der Waals surface area contributed by atoms with Gasteiger partial charge in [0.15, 0.2) is 0 Å². The van der Waals surface area contributed by atoms with Crippen molar-refractivity contribution in [1.82, 2.24) is 4.90 Å². The maximum Gasteiger partial charge on any atom is 0.338 e. The van der Waals surface area contributed by atoms with Crippen LogP contribution in [0.5, 0.6) is 0 Å². The molecular formula is C18H25FN2O2. The molecule has 0 unspecified atom stereocenters. The van der Waals surface area contributed by atoms with Crippen molar-refractivity contribution < 1.29 is 13.9 Å². The molecule has 0 spiro atoms. The Morgan fingerprint density at radius 3 is 2.61 bits per heavy atom. The van der Waals surface area contributed by atoms with Crippen molar-refractivity contribution in [1.29, 1.82) is 0 Å². The number of esters is 1. The molecular weight excluding hydrogens is 295 g/mol. The molecule has 1 aromatic carbocycles. The van der Waals surface area contributed by atoms with Gasteiger partial charge in [-0.25, -0.2) is 9.18 Å². The molecule has 126 valence electrons. The zero-order valence-corrected chi connectivity index (χ0v) is 13.6. The van der Waals surface area contributed by atoms with Gasteiger partial charge >= 0.3 is 5.97 Å². The van der Waals surface area contributed by atoms with Crippen LogP contribution in [0.25, 0.3) is 0 Å². The normalized spacial score (nSPS) is 28.7. The monoisotopic (exact) mass is 320 g/mol. The summed E-state index contributed by atoms with van der Waals surface area (Å²) in [7, 11) is 1.34. The van der Waals surface area contributed by atoms with Gasteiger partial charge in [0.05, 0.1) is 12.7 Å². The van der Waals surface area contributed by atoms with E-state index in [9.17, 15) is 9.18 Å². The fourth-order valence-electron chi connectivity index (χ4n) is 4.07. The molecule has 1 saturated heterocycles. The van der Waals surface area contributed by atoms with Crippen LogP contribution in [0.2, 0.25) is 0 Å². The molecule has 1 aliphatic heterocycles. The topological polar surface area (TPSA) is 55.6 Å². The maximum absolute atomic E-state index is 13.5. The molecule has 23 heavy (non-hydrogen) atoms. The molecule has 1 saturated carbocycles. The minimum atomic E-state index is -0.452. The molecule has 3 rings (SSSR count). The lowest BCUT2D eigenvalue weighted by molar-refractivity contribution is 0.0597. The highest BCUT2D eigenvalue weighted by Gasteiger charge is 2.31. The van der Waals surface area contributed by atoms with E-state index in [0.717, 1.165) is 50.8 Å². The molecule has 1 atom stereocenters. The number of likely N-dealkylation sites (tertiary alicyclic amines) is 1. The average molecular weight is 320 g/mol. The Bertz CT molecular complexity index is 570. The van der Waals surface area contributed by atoms with Gasteiger partial charge in [-0.3, -0.25) is 4.90 Å². The van der Waals surface area contributed by atoms with Crippen LogP contribution in [0, 0.1) is 5.82 Å². The highest BCUT2D eigenvalue weighted by atomic mass is 19.1. The first-order chi connectivity index (χ1) is 11.1. The first kappa shape index (κ1) is 16.4. The van der Waals surface area contributed by atoms with Crippen LogP contribution in [-0.2, 0) is 4.74 Å². The summed E-state index contributed by atoms with van der Waals surface area (Å²) >= 11 is 0. The number of benzene rings is 1. The summed E-state index contributed by atoms with van der Waals surface area (Å²) in [6, 6.07) is 5.40. The highest BCUT2D eigenvalue weighted by Crippen LogP contribution is 2.37. The number of ether oxygens (including phenoxy) is 1. The minimum absolute atomic E-state index is 0.303. The lowest BCUT2D eigenvalue weighted by Gasteiger charge is -2.35. The molecule has 2 aliphatic rings. The van der Waals surface area contributed by atoms with Crippen LogP contribution in [0.1, 0.15) is 53.9 Å². The third-order valence-electron chi connectivity index (χ3n) is 5.33. The first-order valence-electron chi connectivity index (χ1n) is 8.46. The van der Waals surface area contributed by atoms with E-state index < -0.39 is 11.8 Å². The molecule has 2 N–H and O–H groups in total. The molecule has 0 bridgehead atoms. The Morgan fingerprint density at radius 2 is 2.00 bits per heavy atom. The zero-order chi connectivity index (χ0) is 16.4. The Kier molecular flexibility index (Phi) is 4.97. The standard InChI is InChI=1S/C18H25FN2O2/c1-23-18(22)17-10-13(19)4-7-16(17)12-2-5-15(6-3-12)21-9-8-14(20)11-21/h4,7,10,12,14-15H,2-3,5-6,8-9,11,20H2,1H3/t12?,14-,15?/m1/s1. The summed E-state index contributed by atoms with van der Waals surface area (Å²) in [6.07, 6.45) is 5.34. The lowest BCUT2D eigenvalue weighted by atomic mass is 9.79. The van der Waals surface area contributed by atoms with E-state index in [1.54, 1.807) is 6.07 Å². The molecule has 0 amide bonds. The third-order valence-corrected chi connectivity index (χ3v) is 5.33. The number of methoxy groups -OCH3 is 1. The summed E-state index contributed by atoms with van der Waals surface area (Å²) in [4.78, 5) is 14.4. The number of rotatable bonds is 3. The largest absolute Gasteiger partial charge is 0.465 e. The van der Waals surface area contributed by atoms with Gasteiger partial charge in [-0.05, 0) is 55.7 Å². The maximum atomic E-state index is 13.5. The second kappa shape index (κ2) is 6.97. The summed E-state index contributed by atoms with van der Waals surface area (Å²) in [5, 5.41) is 0. The number of carbonyl (C=O) groups is 1. The van der Waals surface area contributed by atoms with Gasteiger partial charge in [0.1, 0.15) is 5.82 Å². The van der Waals surface area contributed by atoms with Crippen molar-refractivity contribution in [2.75, 3.05) is 20.2 Å². The summed E-state index contributed by atoms with van der Waals surface area (Å²) < 4.78 is 18.3. The van der Waals surface area contributed by atoms with Gasteiger partial charge in [-0.1, -0.05) is 6.07 Å². The van der Waals surface area contributed by atoms with Gasteiger partial charge in [0.25, 0.3) is 0 Å². The van der Waals surface area contributed by atoms with Gasteiger partial charge in [-0.2, -0.15) is 0 Å². The van der Waals surface area contributed by atoms with E-state index in [1.807, 2.05) is 0 Å². The SMILES string of the molecule is COC(=O)c1cc(F)ccc1C1CCC(N2CC[C@@H](N)C2)CC1. The smallest absolute Gasteiger partial charge is 0.338 e. The lowest BCUT2D eigenvalue weighted by Crippen LogP contribution is -2.38. The number of nitrogens with two attached hydrogens (primary N) is 1. The third kappa shape index (κ3) is 3.56. The molecule has 1 aliphatic carbocycles. The van der Waals surface area contributed by atoms with Crippen LogP contribution >= 0.6 is 0 Å². The summed E-state index contributed by atoms with van der Waals surface area (Å²) in [5.41, 5.74) is 7.30. The Morgan fingerprint density at radius 1 is 1.26 bits per heavy atom. The number of hydrogen-bond acceptors (Lipinski definition) is 4. The number of nitrogens with zero attached hydrogens (tertiary/aromatic N) is 1. The second-order valence-corrected chi connectivity index (χ2v) is 6.77. The average Bonchev–Trinajstić information content (AvgIpc) is 3.01. The van der Waals surface area contributed by atoms with Crippen LogP contribution in [-0.4, -0.2) is 43.2 Å². The molecule has 5 heteroatoms. The molecule has 0 aromatic heterocycles. The van der Waals surface area contributed by atoms with Crippen molar-refractivity contribution in [2.45, 2.75) is 50.1 Å². The van der Waals surface area contributed by atoms with Crippen LogP contribution in [0.15, 0.2) is 18.2 Å². The van der Waals surface area contributed by atoms with E-state index in [2.05, 4.69) is 4.90 Å². The fourth-order valence-corrected chi connectivity index (χ4v) is 4.07. The number of carbonyl (C=O) groups excluding carboxylic acids is 1. The van der Waals surface area contributed by atoms with Crippen molar-refractivity contribution in [3.8, 4) is 0 Å². The molecule has 2 fully saturated rings. The van der Waals surface area contributed by atoms with Crippen molar-refractivity contribution >= 4 is 5.97 Å². The predicted molar refractivity (Wildman–Crippen MR) is 86.9 cm³/mol. The van der Waals surface area contributed by atoms with Gasteiger partial charge in [0.2, 0.25) is 0 Å². The van der Waals surface area contributed by atoms with E-state index in [4.69, 9.17) is 10.5 Å². The van der Waals surface area contributed by atoms with Crippen molar-refractivity contribution in [2.24, 2.45) is 5.73 Å². The van der Waals surface area contributed by atoms with E-state index in [-0.39, 0.29) is 0 Å². The van der Waals surface area contributed by atoms with Crippen LogP contribution in [0.4, 0.5) is 4.39 Å². The Hall–Kier alpha value is -1.46.